The lowest BCUT2D eigenvalue weighted by Gasteiger charge is -2.08. The van der Waals surface area contributed by atoms with Crippen LogP contribution in [-0.2, 0) is 11.2 Å². The van der Waals surface area contributed by atoms with Crippen LogP contribution in [0.2, 0.25) is 0 Å². The van der Waals surface area contributed by atoms with Crippen LogP contribution in [0.1, 0.15) is 22.3 Å². The predicted molar refractivity (Wildman–Crippen MR) is 109 cm³/mol. The number of carbonyl (C=O) groups is 2. The molecule has 136 valence electrons. The van der Waals surface area contributed by atoms with Gasteiger partial charge in [-0.05, 0) is 60.5 Å². The Morgan fingerprint density at radius 3 is 1.96 bits per heavy atom. The summed E-state index contributed by atoms with van der Waals surface area (Å²) in [6.07, 6.45) is 1.04. The highest BCUT2D eigenvalue weighted by atomic mass is 16.2. The first-order valence-electron chi connectivity index (χ1n) is 8.71. The summed E-state index contributed by atoms with van der Waals surface area (Å²) in [5.41, 5.74) is 9.39. The number of anilines is 3. The predicted octanol–water partition coefficient (Wildman–Crippen LogP) is 4.09. The Labute approximate surface area is 158 Å². The van der Waals surface area contributed by atoms with E-state index in [0.29, 0.717) is 35.5 Å². The molecule has 0 saturated heterocycles. The zero-order chi connectivity index (χ0) is 19.1. The van der Waals surface area contributed by atoms with Gasteiger partial charge in [0.25, 0.3) is 5.91 Å². The van der Waals surface area contributed by atoms with Crippen LogP contribution in [-0.4, -0.2) is 11.8 Å². The van der Waals surface area contributed by atoms with Crippen molar-refractivity contribution in [2.24, 2.45) is 0 Å². The van der Waals surface area contributed by atoms with Crippen molar-refractivity contribution in [1.29, 1.82) is 0 Å². The third-order valence-electron chi connectivity index (χ3n) is 4.08. The van der Waals surface area contributed by atoms with E-state index in [2.05, 4.69) is 10.6 Å². The van der Waals surface area contributed by atoms with Crippen LogP contribution in [0.25, 0.3) is 0 Å². The summed E-state index contributed by atoms with van der Waals surface area (Å²) in [5, 5.41) is 5.69. The quantitative estimate of drug-likeness (QED) is 0.580. The third-order valence-corrected chi connectivity index (χ3v) is 4.08. The highest BCUT2D eigenvalue weighted by molar-refractivity contribution is 6.04. The number of benzene rings is 3. The Bertz CT molecular complexity index is 905. The Kier molecular flexibility index (Phi) is 5.84. The molecule has 0 radical (unpaired) electrons. The second kappa shape index (κ2) is 8.67. The van der Waals surface area contributed by atoms with Crippen molar-refractivity contribution in [2.45, 2.75) is 12.8 Å². The zero-order valence-electron chi connectivity index (χ0n) is 14.8. The van der Waals surface area contributed by atoms with E-state index in [1.54, 1.807) is 36.4 Å². The number of hydrogen-bond acceptors (Lipinski definition) is 3. The molecule has 4 N–H and O–H groups in total. The SMILES string of the molecule is Nc1ccc(CCC(=O)Nc2ccc(NC(=O)c3ccccc3)cc2)cc1. The van der Waals surface area contributed by atoms with E-state index in [0.717, 1.165) is 5.56 Å². The summed E-state index contributed by atoms with van der Waals surface area (Å²) in [6.45, 7) is 0. The number of nitrogens with two attached hydrogens (primary N) is 1. The second-order valence-electron chi connectivity index (χ2n) is 6.19. The standard InChI is InChI=1S/C22H21N3O2/c23-18-9-6-16(7-10-18)8-15-21(26)24-19-11-13-20(14-12-19)25-22(27)17-4-2-1-3-5-17/h1-7,9-14H,8,15,23H2,(H,24,26)(H,25,27). The smallest absolute Gasteiger partial charge is 0.255 e. The van der Waals surface area contributed by atoms with Gasteiger partial charge in [0.1, 0.15) is 0 Å². The lowest BCUT2D eigenvalue weighted by molar-refractivity contribution is -0.116. The number of hydrogen-bond donors (Lipinski definition) is 3. The van der Waals surface area contributed by atoms with E-state index in [9.17, 15) is 9.59 Å². The van der Waals surface area contributed by atoms with Crippen molar-refractivity contribution < 1.29 is 9.59 Å². The molecular formula is C22H21N3O2. The first-order chi connectivity index (χ1) is 13.1. The Hall–Kier alpha value is -3.60. The molecule has 0 bridgehead atoms. The largest absolute Gasteiger partial charge is 0.399 e. The molecule has 2 amide bonds. The van der Waals surface area contributed by atoms with E-state index in [1.165, 1.54) is 0 Å². The minimum atomic E-state index is -0.170. The van der Waals surface area contributed by atoms with Crippen LogP contribution in [0.5, 0.6) is 0 Å². The molecule has 3 aromatic carbocycles. The van der Waals surface area contributed by atoms with Crippen LogP contribution in [0.15, 0.2) is 78.9 Å². The van der Waals surface area contributed by atoms with Crippen molar-refractivity contribution in [2.75, 3.05) is 16.4 Å². The molecule has 0 unspecified atom stereocenters. The van der Waals surface area contributed by atoms with Crippen molar-refractivity contribution in [1.82, 2.24) is 0 Å². The third kappa shape index (κ3) is 5.44. The van der Waals surface area contributed by atoms with E-state index in [-0.39, 0.29) is 11.8 Å². The fourth-order valence-corrected chi connectivity index (χ4v) is 2.60. The monoisotopic (exact) mass is 359 g/mol. The van der Waals surface area contributed by atoms with E-state index in [4.69, 9.17) is 5.73 Å². The number of nitrogens with one attached hydrogen (secondary N) is 2. The van der Waals surface area contributed by atoms with Gasteiger partial charge in [0, 0.05) is 29.0 Å². The molecule has 3 rings (SSSR count). The molecule has 0 fully saturated rings. The van der Waals surface area contributed by atoms with E-state index >= 15 is 0 Å². The summed E-state index contributed by atoms with van der Waals surface area (Å²) >= 11 is 0. The normalized spacial score (nSPS) is 10.2. The summed E-state index contributed by atoms with van der Waals surface area (Å²) in [5.74, 6) is -0.233. The molecule has 0 heterocycles. The molecule has 5 heteroatoms. The van der Waals surface area contributed by atoms with Gasteiger partial charge in [0.05, 0.1) is 0 Å². The molecule has 0 spiro atoms. The van der Waals surface area contributed by atoms with Crippen molar-refractivity contribution in [3.63, 3.8) is 0 Å². The molecule has 0 aliphatic carbocycles. The number of carbonyl (C=O) groups excluding carboxylic acids is 2. The Morgan fingerprint density at radius 1 is 0.741 bits per heavy atom. The summed E-state index contributed by atoms with van der Waals surface area (Å²) < 4.78 is 0. The average molecular weight is 359 g/mol. The molecule has 27 heavy (non-hydrogen) atoms. The summed E-state index contributed by atoms with van der Waals surface area (Å²) in [6, 6.07) is 23.6. The number of aryl methyl sites for hydroxylation is 1. The lowest BCUT2D eigenvalue weighted by atomic mass is 10.1. The molecule has 0 aromatic heterocycles. The van der Waals surface area contributed by atoms with Crippen LogP contribution in [0.3, 0.4) is 0 Å². The van der Waals surface area contributed by atoms with Gasteiger partial charge in [-0.2, -0.15) is 0 Å². The van der Waals surface area contributed by atoms with Crippen molar-refractivity contribution in [3.05, 3.63) is 90.0 Å². The highest BCUT2D eigenvalue weighted by Crippen LogP contribution is 2.15. The number of nitrogen functional groups attached to an aromatic ring is 1. The lowest BCUT2D eigenvalue weighted by Crippen LogP contribution is -2.13. The van der Waals surface area contributed by atoms with Gasteiger partial charge in [0.15, 0.2) is 0 Å². The van der Waals surface area contributed by atoms with Crippen LogP contribution < -0.4 is 16.4 Å². The van der Waals surface area contributed by atoms with E-state index < -0.39 is 0 Å². The summed E-state index contributed by atoms with van der Waals surface area (Å²) in [7, 11) is 0. The van der Waals surface area contributed by atoms with Crippen LogP contribution in [0, 0.1) is 0 Å². The van der Waals surface area contributed by atoms with Gasteiger partial charge in [-0.3, -0.25) is 9.59 Å². The fourth-order valence-electron chi connectivity index (χ4n) is 2.60. The molecule has 3 aromatic rings. The maximum atomic E-state index is 12.1. The van der Waals surface area contributed by atoms with Crippen LogP contribution >= 0.6 is 0 Å². The number of rotatable bonds is 6. The van der Waals surface area contributed by atoms with Crippen molar-refractivity contribution in [3.8, 4) is 0 Å². The Balaban J connectivity index is 1.50. The van der Waals surface area contributed by atoms with E-state index in [1.807, 2.05) is 42.5 Å². The maximum absolute atomic E-state index is 12.1. The highest BCUT2D eigenvalue weighted by Gasteiger charge is 2.06. The van der Waals surface area contributed by atoms with Gasteiger partial charge >= 0.3 is 0 Å². The van der Waals surface area contributed by atoms with Crippen molar-refractivity contribution >= 4 is 28.9 Å². The molecule has 5 nitrogen and oxygen atoms in total. The van der Waals surface area contributed by atoms with Crippen LogP contribution in [0.4, 0.5) is 17.1 Å². The number of amides is 2. The first kappa shape index (κ1) is 18.2. The molecule has 0 saturated carbocycles. The van der Waals surface area contributed by atoms with Gasteiger partial charge in [-0.1, -0.05) is 30.3 Å². The minimum absolute atomic E-state index is 0.0621. The average Bonchev–Trinajstić information content (AvgIpc) is 2.70. The summed E-state index contributed by atoms with van der Waals surface area (Å²) in [4.78, 5) is 24.2. The molecular weight excluding hydrogens is 338 g/mol. The minimum Gasteiger partial charge on any atom is -0.399 e. The molecule has 0 aliphatic heterocycles. The van der Waals surface area contributed by atoms with Gasteiger partial charge in [-0.25, -0.2) is 0 Å². The molecule has 0 aliphatic rings. The molecule has 0 atom stereocenters. The van der Waals surface area contributed by atoms with Gasteiger partial charge in [-0.15, -0.1) is 0 Å². The zero-order valence-corrected chi connectivity index (χ0v) is 14.8. The fraction of sp³-hybridized carbons (Fsp3) is 0.0909. The van der Waals surface area contributed by atoms with Gasteiger partial charge in [0.2, 0.25) is 5.91 Å². The van der Waals surface area contributed by atoms with Gasteiger partial charge < -0.3 is 16.4 Å². The topological polar surface area (TPSA) is 84.2 Å². The maximum Gasteiger partial charge on any atom is 0.255 e. The Morgan fingerprint density at radius 2 is 1.33 bits per heavy atom. The second-order valence-corrected chi connectivity index (χ2v) is 6.19. The first-order valence-corrected chi connectivity index (χ1v) is 8.71.